The molecule has 24 rings (SSSR count). The fourth-order valence-electron chi connectivity index (χ4n) is 25.9. The molecule has 12 saturated heterocycles. The molecule has 0 spiro atoms. The van der Waals surface area contributed by atoms with Crippen molar-refractivity contribution in [2.75, 3.05) is 182 Å². The summed E-state index contributed by atoms with van der Waals surface area (Å²) in [7, 11) is 11.5. The van der Waals surface area contributed by atoms with Crippen molar-refractivity contribution in [3.8, 4) is 51.8 Å². The summed E-state index contributed by atoms with van der Waals surface area (Å²) in [6, 6.07) is 22.4. The lowest BCUT2D eigenvalue weighted by Gasteiger charge is -2.41. The Balaban J connectivity index is 0.527. The highest BCUT2D eigenvalue weighted by Crippen LogP contribution is 2.56. The molecule has 6 aromatic heterocycles. The molecule has 18 heterocycles. The average molecular weight is 2100 g/mol. The lowest BCUT2D eigenvalue weighted by molar-refractivity contribution is -0.132. The Bertz CT molecular complexity index is 7510. The number of anilines is 3. The van der Waals surface area contributed by atoms with Gasteiger partial charge in [-0.2, -0.15) is 29.9 Å². The van der Waals surface area contributed by atoms with E-state index < -0.39 is 76.3 Å². The van der Waals surface area contributed by atoms with Crippen LogP contribution in [0.25, 0.3) is 98.8 Å². The van der Waals surface area contributed by atoms with Crippen molar-refractivity contribution in [1.82, 2.24) is 89.0 Å². The molecule has 27 nitrogen and oxygen atoms in total. The summed E-state index contributed by atoms with van der Waals surface area (Å²) in [4.78, 5) is 107. The highest BCUT2D eigenvalue weighted by molar-refractivity contribution is 6.38. The Kier molecular flexibility index (Phi) is 26.0. The molecule has 38 heteroatoms. The Hall–Kier alpha value is -11.9. The number of hydrogen-bond donors (Lipinski definition) is 0. The predicted molar refractivity (Wildman–Crippen MR) is 558 cm³/mol. The Morgan fingerprint density at radius 3 is 1.15 bits per heavy atom. The number of likely N-dealkylation sites (N-methyl/N-ethyl adjacent to an activating group) is 3. The molecular formula is C111H114Cl3F8N21O6. The number of hydrogen-bond acceptors (Lipinski definition) is 24. The number of fused-ring (bicyclic) bond motifs is 9. The van der Waals surface area contributed by atoms with Crippen LogP contribution in [0.2, 0.25) is 15.1 Å². The molecule has 0 saturated carbocycles. The largest absolute Gasteiger partial charge is 0.461 e. The second-order valence-corrected chi connectivity index (χ2v) is 44.8. The maximum Gasteiger partial charge on any atom is 0.319 e. The van der Waals surface area contributed by atoms with Gasteiger partial charge in [-0.1, -0.05) is 120 Å². The van der Waals surface area contributed by atoms with Gasteiger partial charge in [-0.05, 0) is 131 Å². The number of carbonyl (C=O) groups is 3. The SMILES string of the molecule is CN(CC1CN(C(=O)/C=C/[C@H]2CCN2C)C1)c1nc(OC[C@@]23CCC(c4cc(F)c(Cl)c5c(-c6ncc7c(N(C)CC8CN(C(=O)/C=C/[C@@H]9CCN9C)C8)nc(OC[C@@]89CCC(c%10cc(F)c(Cl)c%11c(-c%12ncc%13c(N(C)CC%14CN(C(=O)/C=C/[C@H]%15CCN%15C)C%14)nc(OC[C@@]%14%15CCCN%14C[C@H](F)C%15)nc%13c%12F)cccc%10%11)N8C[C@H](F)C9)nc7c6F)cccc45)N2C[C@H](F)C3)nc2c(F)c(-c3cccc4cccc(Cl)c34)ncc12. The van der Waals surface area contributed by atoms with Crippen molar-refractivity contribution < 1.29 is 63.7 Å². The maximum absolute atomic E-state index is 18.9. The summed E-state index contributed by atoms with van der Waals surface area (Å²) in [5, 5.41) is 2.99. The van der Waals surface area contributed by atoms with Crippen LogP contribution in [0.3, 0.4) is 0 Å². The minimum atomic E-state index is -1.41. The van der Waals surface area contributed by atoms with E-state index in [1.807, 2.05) is 96.2 Å². The molecule has 6 aromatic carbocycles. The number of carbonyl (C=O) groups excluding carboxylic acids is 3. The lowest BCUT2D eigenvalue weighted by atomic mass is 9.92. The molecule has 2 unspecified atom stereocenters. The zero-order valence-electron chi connectivity index (χ0n) is 83.5. The van der Waals surface area contributed by atoms with E-state index in [0.717, 1.165) is 50.7 Å². The van der Waals surface area contributed by atoms with E-state index in [9.17, 15) is 14.4 Å². The topological polar surface area (TPSA) is 234 Å². The van der Waals surface area contributed by atoms with Gasteiger partial charge in [0.2, 0.25) is 17.7 Å². The smallest absolute Gasteiger partial charge is 0.319 e. The van der Waals surface area contributed by atoms with Gasteiger partial charge < -0.3 is 43.6 Å². The average Bonchev–Trinajstić information content (AvgIpc) is 1.63. The molecule has 776 valence electrons. The van der Waals surface area contributed by atoms with Crippen LogP contribution in [0.15, 0.2) is 140 Å². The normalized spacial score (nSPS) is 25.6. The van der Waals surface area contributed by atoms with Crippen LogP contribution in [0.1, 0.15) is 100 Å². The van der Waals surface area contributed by atoms with E-state index >= 15 is 35.1 Å². The van der Waals surface area contributed by atoms with Gasteiger partial charge in [-0.3, -0.25) is 58.7 Å². The number of rotatable bonds is 29. The first-order valence-electron chi connectivity index (χ1n) is 51.7. The van der Waals surface area contributed by atoms with E-state index in [1.165, 1.54) is 30.7 Å². The summed E-state index contributed by atoms with van der Waals surface area (Å²) in [5.41, 5.74) is -2.11. The minimum Gasteiger partial charge on any atom is -0.461 e. The maximum atomic E-state index is 18.9. The molecule has 12 aliphatic rings. The fraction of sp³-hybridized carbons (Fsp3) is 0.459. The summed E-state index contributed by atoms with van der Waals surface area (Å²) in [6.07, 6.45) is 17.5. The quantitative estimate of drug-likeness (QED) is 0.0313. The molecule has 12 aromatic rings. The van der Waals surface area contributed by atoms with Gasteiger partial charge in [-0.25, -0.2) is 35.1 Å². The molecule has 12 aliphatic heterocycles. The Morgan fingerprint density at radius 2 is 0.779 bits per heavy atom. The van der Waals surface area contributed by atoms with Crippen molar-refractivity contribution in [3.63, 3.8) is 0 Å². The predicted octanol–water partition coefficient (Wildman–Crippen LogP) is 17.6. The van der Waals surface area contributed by atoms with Gasteiger partial charge in [0.1, 0.15) is 101 Å². The monoisotopic (exact) mass is 2090 g/mol. The van der Waals surface area contributed by atoms with Gasteiger partial charge in [0, 0.05) is 261 Å². The van der Waals surface area contributed by atoms with Gasteiger partial charge in [-0.15, -0.1) is 0 Å². The molecule has 0 N–H and O–H groups in total. The summed E-state index contributed by atoms with van der Waals surface area (Å²) >= 11 is 21.2. The number of nitrogens with zero attached hydrogens (tertiary/aromatic N) is 21. The number of halogens is 11. The van der Waals surface area contributed by atoms with Crippen LogP contribution < -0.4 is 28.9 Å². The number of benzene rings is 6. The Morgan fingerprint density at radius 1 is 0.423 bits per heavy atom. The highest BCUT2D eigenvalue weighted by atomic mass is 35.5. The van der Waals surface area contributed by atoms with Crippen LogP contribution >= 0.6 is 34.8 Å². The fourth-order valence-corrected chi connectivity index (χ4v) is 26.7. The summed E-state index contributed by atoms with van der Waals surface area (Å²) in [6.45, 7) is 7.34. The third-order valence-corrected chi connectivity index (χ3v) is 35.3. The molecule has 0 aliphatic carbocycles. The molecular weight excluding hydrogens is 1980 g/mol. The second kappa shape index (κ2) is 39.1. The molecule has 11 atom stereocenters. The van der Waals surface area contributed by atoms with Gasteiger partial charge in [0.15, 0.2) is 17.5 Å². The highest BCUT2D eigenvalue weighted by Gasteiger charge is 2.57. The van der Waals surface area contributed by atoms with Crippen LogP contribution in [0.4, 0.5) is 52.6 Å². The first kappa shape index (κ1) is 99.0. The van der Waals surface area contributed by atoms with Crippen molar-refractivity contribution >= 4 is 135 Å². The molecule has 0 bridgehead atoms. The van der Waals surface area contributed by atoms with Crippen LogP contribution in [0.5, 0.6) is 18.0 Å². The molecule has 149 heavy (non-hydrogen) atoms. The molecule has 0 radical (unpaired) electrons. The van der Waals surface area contributed by atoms with E-state index in [1.54, 1.807) is 94.6 Å². The third-order valence-electron chi connectivity index (χ3n) is 34.2. The third kappa shape index (κ3) is 17.8. The minimum absolute atomic E-state index is 0.00334. The molecule has 3 amide bonds. The van der Waals surface area contributed by atoms with E-state index in [2.05, 4.69) is 19.6 Å². The number of aromatic nitrogens is 9. The Labute approximate surface area is 871 Å². The number of likely N-dealkylation sites (tertiary alicyclic amines) is 6. The standard InChI is InChI=1S/C111H114Cl3F8N21O6/c1-132-35-28-68(132)20-23-86(144)138-49-61(50-138)46-135(4)103-79-44-124-98(95(121)101(79)126-106(129-103)147-58-109-31-11-34-141(109)55-65(115)40-109)74-17-9-14-71-76(38-82(118)92(113)90(71)74)85-27-33-111(42-67(117)57-143(85)111)60-149-108-128-102-80(105(131-108)137(6)48-63-53-140(54-63)88(146)25-22-70-30-37-134(70)3)45-125-99(96(102)122)75-18-10-15-72-77(39-83(119)93(114)91(72)75)84-26-32-110(41-66(116)56-142(84)110)59-148-107-127-100-78(43-123-97(94(100)120)73-16-7-12-64-13-8-19-81(112)89(64)73)104(130-107)136(5)47-62-51-139(52-62)87(145)24-21-69-29-36-133(69)2/h7-10,12-25,38-39,43-45,61-63,65-70,84-85H,11,26-37,40-42,46-60H2,1-6H3/b23-20+,24-21+,25-22+/t65-,66-,67-,68+,69+,70-,84?,85?,109+,110+,111+/m1/s1. The zero-order valence-corrected chi connectivity index (χ0v) is 85.8. The van der Waals surface area contributed by atoms with Crippen LogP contribution in [0, 0.1) is 46.8 Å². The van der Waals surface area contributed by atoms with E-state index in [-0.39, 0.29) is 213 Å². The van der Waals surface area contributed by atoms with Gasteiger partial charge in [0.05, 0.1) is 42.8 Å². The zero-order chi connectivity index (χ0) is 103. The van der Waals surface area contributed by atoms with Crippen molar-refractivity contribution in [2.45, 2.75) is 142 Å². The number of amides is 3. The first-order valence-corrected chi connectivity index (χ1v) is 52.9. The van der Waals surface area contributed by atoms with Crippen molar-refractivity contribution in [2.24, 2.45) is 17.8 Å². The van der Waals surface area contributed by atoms with Crippen LogP contribution in [-0.2, 0) is 14.4 Å². The van der Waals surface area contributed by atoms with E-state index in [4.69, 9.17) is 93.9 Å². The second-order valence-electron chi connectivity index (χ2n) is 43.6. The van der Waals surface area contributed by atoms with Crippen molar-refractivity contribution in [1.29, 1.82) is 0 Å². The lowest BCUT2D eigenvalue weighted by Crippen LogP contribution is -2.53. The molecule has 12 fully saturated rings. The first-order chi connectivity index (χ1) is 71.9. The number of ether oxygens (including phenoxy) is 3. The summed E-state index contributed by atoms with van der Waals surface area (Å²) in [5.74, 6) is -3.63. The van der Waals surface area contributed by atoms with Gasteiger partial charge >= 0.3 is 18.0 Å². The van der Waals surface area contributed by atoms with E-state index in [0.29, 0.717) is 152 Å². The van der Waals surface area contributed by atoms with Crippen LogP contribution in [-0.4, -0.2) is 327 Å². The number of pyridine rings is 3. The number of alkyl halides is 3. The summed E-state index contributed by atoms with van der Waals surface area (Å²) < 4.78 is 159. The van der Waals surface area contributed by atoms with Crippen molar-refractivity contribution in [3.05, 3.63) is 195 Å². The van der Waals surface area contributed by atoms with Gasteiger partial charge in [0.25, 0.3) is 0 Å².